The number of anilines is 1. The van der Waals surface area contributed by atoms with E-state index in [1.165, 1.54) is 0 Å². The topological polar surface area (TPSA) is 81.4 Å². The van der Waals surface area contributed by atoms with Crippen molar-refractivity contribution in [3.8, 4) is 5.88 Å². The van der Waals surface area contributed by atoms with Crippen LogP contribution in [0.4, 0.5) is 11.6 Å². The summed E-state index contributed by atoms with van der Waals surface area (Å²) >= 11 is 7.73. The standard InChI is InChI=1S/C10H13ClN4O3S/c1-2-18-9-7(15(16)17)8(11)12-10(13-9)14-3-5-19-6-4-14/h2-6H2,1H3. The third-order valence-corrected chi connectivity index (χ3v) is 3.76. The van der Waals surface area contributed by atoms with Gasteiger partial charge in [0.25, 0.3) is 0 Å². The molecule has 1 aromatic rings. The molecule has 2 heterocycles. The first-order chi connectivity index (χ1) is 9.13. The molecule has 0 spiro atoms. The molecule has 1 aliphatic rings. The number of hydrogen-bond donors (Lipinski definition) is 0. The van der Waals surface area contributed by atoms with Crippen molar-refractivity contribution in [2.75, 3.05) is 36.1 Å². The summed E-state index contributed by atoms with van der Waals surface area (Å²) in [4.78, 5) is 20.4. The van der Waals surface area contributed by atoms with Gasteiger partial charge >= 0.3 is 11.6 Å². The quantitative estimate of drug-likeness (QED) is 0.478. The summed E-state index contributed by atoms with van der Waals surface area (Å²) in [5.74, 6) is 2.27. The summed E-state index contributed by atoms with van der Waals surface area (Å²) < 4.78 is 5.20. The Morgan fingerprint density at radius 3 is 2.74 bits per heavy atom. The molecule has 0 saturated carbocycles. The molecule has 0 amide bonds. The lowest BCUT2D eigenvalue weighted by Gasteiger charge is -2.26. The normalized spacial score (nSPS) is 15.4. The van der Waals surface area contributed by atoms with Crippen molar-refractivity contribution >= 4 is 35.0 Å². The van der Waals surface area contributed by atoms with E-state index in [9.17, 15) is 10.1 Å². The molecule has 0 aliphatic carbocycles. The number of nitro groups is 1. The molecule has 1 saturated heterocycles. The fraction of sp³-hybridized carbons (Fsp3) is 0.600. The third-order valence-electron chi connectivity index (χ3n) is 2.56. The highest BCUT2D eigenvalue weighted by Crippen LogP contribution is 2.33. The van der Waals surface area contributed by atoms with Crippen molar-refractivity contribution in [1.82, 2.24) is 9.97 Å². The maximum Gasteiger partial charge on any atom is 0.368 e. The van der Waals surface area contributed by atoms with Crippen LogP contribution in [0.3, 0.4) is 0 Å². The van der Waals surface area contributed by atoms with Crippen molar-refractivity contribution in [1.29, 1.82) is 0 Å². The zero-order valence-corrected chi connectivity index (χ0v) is 11.9. The van der Waals surface area contributed by atoms with Crippen LogP contribution in [0.2, 0.25) is 5.15 Å². The van der Waals surface area contributed by atoms with Crippen molar-refractivity contribution in [2.24, 2.45) is 0 Å². The Balaban J connectivity index is 2.38. The first kappa shape index (κ1) is 14.1. The van der Waals surface area contributed by atoms with E-state index in [2.05, 4.69) is 9.97 Å². The monoisotopic (exact) mass is 304 g/mol. The van der Waals surface area contributed by atoms with Crippen molar-refractivity contribution in [3.63, 3.8) is 0 Å². The predicted molar refractivity (Wildman–Crippen MR) is 74.4 cm³/mol. The molecule has 0 N–H and O–H groups in total. The summed E-state index contributed by atoms with van der Waals surface area (Å²) in [7, 11) is 0. The Morgan fingerprint density at radius 2 is 2.16 bits per heavy atom. The van der Waals surface area contributed by atoms with Gasteiger partial charge in [0.15, 0.2) is 0 Å². The van der Waals surface area contributed by atoms with Crippen LogP contribution in [0, 0.1) is 10.1 Å². The van der Waals surface area contributed by atoms with E-state index in [0.29, 0.717) is 5.95 Å². The van der Waals surface area contributed by atoms with Crippen LogP contribution >= 0.6 is 23.4 Å². The van der Waals surface area contributed by atoms with Gasteiger partial charge in [-0.3, -0.25) is 10.1 Å². The van der Waals surface area contributed by atoms with Gasteiger partial charge in [-0.05, 0) is 6.92 Å². The van der Waals surface area contributed by atoms with Crippen molar-refractivity contribution in [3.05, 3.63) is 15.3 Å². The van der Waals surface area contributed by atoms with Crippen LogP contribution in [-0.2, 0) is 0 Å². The van der Waals surface area contributed by atoms with Gasteiger partial charge in [-0.25, -0.2) is 0 Å². The van der Waals surface area contributed by atoms with Gasteiger partial charge in [0, 0.05) is 24.6 Å². The summed E-state index contributed by atoms with van der Waals surface area (Å²) in [6, 6.07) is 0. The number of aromatic nitrogens is 2. The van der Waals surface area contributed by atoms with Crippen LogP contribution in [0.1, 0.15) is 6.92 Å². The van der Waals surface area contributed by atoms with Gasteiger partial charge in [0.2, 0.25) is 11.1 Å². The number of halogens is 1. The Kier molecular flexibility index (Phi) is 4.65. The van der Waals surface area contributed by atoms with E-state index in [1.807, 2.05) is 16.7 Å². The second-order valence-electron chi connectivity index (χ2n) is 3.76. The predicted octanol–water partition coefficient (Wildman–Crippen LogP) is 1.99. The van der Waals surface area contributed by atoms with Gasteiger partial charge in [-0.1, -0.05) is 11.6 Å². The molecular formula is C10H13ClN4O3S. The molecule has 0 unspecified atom stereocenters. The van der Waals surface area contributed by atoms with E-state index in [0.717, 1.165) is 24.6 Å². The smallest absolute Gasteiger partial charge is 0.368 e. The second-order valence-corrected chi connectivity index (χ2v) is 5.34. The van der Waals surface area contributed by atoms with E-state index in [4.69, 9.17) is 16.3 Å². The molecule has 9 heteroatoms. The fourth-order valence-corrected chi connectivity index (χ4v) is 2.82. The number of rotatable bonds is 4. The Morgan fingerprint density at radius 1 is 1.47 bits per heavy atom. The second kappa shape index (κ2) is 6.25. The number of nitrogens with zero attached hydrogens (tertiary/aromatic N) is 4. The molecule has 0 aromatic carbocycles. The van der Waals surface area contributed by atoms with Gasteiger partial charge < -0.3 is 9.64 Å². The van der Waals surface area contributed by atoms with Crippen LogP contribution in [0.15, 0.2) is 0 Å². The van der Waals surface area contributed by atoms with E-state index < -0.39 is 4.92 Å². The average molecular weight is 305 g/mol. The highest BCUT2D eigenvalue weighted by atomic mass is 35.5. The first-order valence-electron chi connectivity index (χ1n) is 5.81. The molecule has 1 fully saturated rings. The maximum absolute atomic E-state index is 10.9. The summed E-state index contributed by atoms with van der Waals surface area (Å²) in [5.41, 5.74) is -0.376. The van der Waals surface area contributed by atoms with Crippen LogP contribution in [0.5, 0.6) is 5.88 Å². The van der Waals surface area contributed by atoms with Gasteiger partial charge in [-0.15, -0.1) is 0 Å². The molecule has 104 valence electrons. The number of thioether (sulfide) groups is 1. The van der Waals surface area contributed by atoms with Gasteiger partial charge in [0.1, 0.15) is 0 Å². The first-order valence-corrected chi connectivity index (χ1v) is 7.34. The zero-order valence-electron chi connectivity index (χ0n) is 10.3. The van der Waals surface area contributed by atoms with Gasteiger partial charge in [-0.2, -0.15) is 21.7 Å². The lowest BCUT2D eigenvalue weighted by molar-refractivity contribution is -0.386. The largest absolute Gasteiger partial charge is 0.473 e. The van der Waals surface area contributed by atoms with E-state index >= 15 is 0 Å². The summed E-state index contributed by atoms with van der Waals surface area (Å²) in [6.07, 6.45) is 0. The molecule has 0 bridgehead atoms. The molecule has 1 aliphatic heterocycles. The Labute approximate surface area is 119 Å². The minimum absolute atomic E-state index is 0.0688. The lowest BCUT2D eigenvalue weighted by atomic mass is 10.5. The third kappa shape index (κ3) is 3.19. The molecule has 0 atom stereocenters. The number of hydrogen-bond acceptors (Lipinski definition) is 7. The van der Waals surface area contributed by atoms with Crippen molar-refractivity contribution in [2.45, 2.75) is 6.92 Å². The summed E-state index contributed by atoms with van der Waals surface area (Å²) in [6.45, 7) is 3.61. The maximum atomic E-state index is 10.9. The van der Waals surface area contributed by atoms with Crippen LogP contribution in [-0.4, -0.2) is 46.1 Å². The Hall–Kier alpha value is -1.28. The highest BCUT2D eigenvalue weighted by molar-refractivity contribution is 7.99. The molecule has 19 heavy (non-hydrogen) atoms. The van der Waals surface area contributed by atoms with Crippen molar-refractivity contribution < 1.29 is 9.66 Å². The lowest BCUT2D eigenvalue weighted by Crippen LogP contribution is -2.34. The van der Waals surface area contributed by atoms with Gasteiger partial charge in [0.05, 0.1) is 11.5 Å². The molecule has 0 radical (unpaired) electrons. The van der Waals surface area contributed by atoms with Crippen LogP contribution in [0.25, 0.3) is 0 Å². The minimum atomic E-state index is -0.622. The van der Waals surface area contributed by atoms with Crippen LogP contribution < -0.4 is 9.64 Å². The highest BCUT2D eigenvalue weighted by Gasteiger charge is 2.27. The molecule has 1 aromatic heterocycles. The fourth-order valence-electron chi connectivity index (χ4n) is 1.69. The SMILES string of the molecule is CCOc1nc(N2CCSCC2)nc(Cl)c1[N+](=O)[O-]. The molecule has 7 nitrogen and oxygen atoms in total. The number of ether oxygens (including phenoxy) is 1. The average Bonchev–Trinajstić information content (AvgIpc) is 2.39. The van der Waals surface area contributed by atoms with E-state index in [-0.39, 0.29) is 23.3 Å². The minimum Gasteiger partial charge on any atom is -0.473 e. The molecular weight excluding hydrogens is 292 g/mol. The summed E-state index contributed by atoms with van der Waals surface area (Å²) in [5, 5.41) is 10.8. The zero-order chi connectivity index (χ0) is 13.8. The molecule has 2 rings (SSSR count). The van der Waals surface area contributed by atoms with E-state index in [1.54, 1.807) is 6.92 Å². The Bertz CT molecular complexity index is 482.